The second-order valence-corrected chi connectivity index (χ2v) is 7.93. The van der Waals surface area contributed by atoms with Crippen LogP contribution < -0.4 is 16.2 Å². The van der Waals surface area contributed by atoms with Crippen LogP contribution in [0.5, 0.6) is 0 Å². The number of anilines is 1. The van der Waals surface area contributed by atoms with Crippen LogP contribution in [0.25, 0.3) is 0 Å². The molecule has 0 saturated carbocycles. The average Bonchev–Trinajstić information content (AvgIpc) is 2.41. The Morgan fingerprint density at radius 2 is 2.14 bits per heavy atom. The van der Waals surface area contributed by atoms with Crippen LogP contribution in [0.15, 0.2) is 16.9 Å². The molecule has 0 aliphatic carbocycles. The lowest BCUT2D eigenvalue weighted by Crippen LogP contribution is -2.89. The molecule has 22 heavy (non-hydrogen) atoms. The lowest BCUT2D eigenvalue weighted by molar-refractivity contribution is -0.673. The van der Waals surface area contributed by atoms with Crippen molar-refractivity contribution in [1.82, 2.24) is 4.57 Å². The highest BCUT2D eigenvalue weighted by Gasteiger charge is 2.33. The molecule has 5 heteroatoms. The topological polar surface area (TPSA) is 67.7 Å². The molecule has 0 spiro atoms. The van der Waals surface area contributed by atoms with Crippen LogP contribution in [0, 0.1) is 11.3 Å². The predicted octanol–water partition coefficient (Wildman–Crippen LogP) is 0.904. The number of nitrogens with zero attached hydrogens (tertiary/aromatic N) is 1. The van der Waals surface area contributed by atoms with Crippen LogP contribution in [0.4, 0.5) is 5.69 Å². The third-order valence-electron chi connectivity index (χ3n) is 4.60. The number of amides is 1. The molecule has 0 unspecified atom stereocenters. The van der Waals surface area contributed by atoms with Gasteiger partial charge in [-0.3, -0.25) is 9.59 Å². The van der Waals surface area contributed by atoms with Gasteiger partial charge in [-0.2, -0.15) is 0 Å². The summed E-state index contributed by atoms with van der Waals surface area (Å²) < 4.78 is 1.89. The van der Waals surface area contributed by atoms with Crippen molar-refractivity contribution in [3.8, 4) is 0 Å². The van der Waals surface area contributed by atoms with Crippen LogP contribution in [-0.2, 0) is 11.3 Å². The number of aromatic nitrogens is 1. The van der Waals surface area contributed by atoms with Gasteiger partial charge >= 0.3 is 0 Å². The van der Waals surface area contributed by atoms with Gasteiger partial charge in [0.1, 0.15) is 5.69 Å². The van der Waals surface area contributed by atoms with Crippen molar-refractivity contribution in [2.75, 3.05) is 18.4 Å². The van der Waals surface area contributed by atoms with E-state index in [2.05, 4.69) is 10.6 Å². The van der Waals surface area contributed by atoms with E-state index >= 15 is 0 Å². The zero-order chi connectivity index (χ0) is 15.9. The SMILES string of the molecule is CC(C)(C)CC(=O)Nc1ccc2n(c1=O)C[C@@H]1C[NH2+]C[C@H]2C1. The lowest BCUT2D eigenvalue weighted by atomic mass is 9.84. The molecule has 0 radical (unpaired) electrons. The maximum atomic E-state index is 12.7. The van der Waals surface area contributed by atoms with Gasteiger partial charge in [0.15, 0.2) is 0 Å². The van der Waals surface area contributed by atoms with Crippen molar-refractivity contribution < 1.29 is 10.1 Å². The summed E-state index contributed by atoms with van der Waals surface area (Å²) in [7, 11) is 0. The van der Waals surface area contributed by atoms with Gasteiger partial charge in [-0.1, -0.05) is 20.8 Å². The Bertz CT molecular complexity index is 642. The third-order valence-corrected chi connectivity index (χ3v) is 4.60. The maximum absolute atomic E-state index is 12.7. The highest BCUT2D eigenvalue weighted by atomic mass is 16.2. The fraction of sp³-hybridized carbons (Fsp3) is 0.647. The van der Waals surface area contributed by atoms with Crippen molar-refractivity contribution in [3.63, 3.8) is 0 Å². The zero-order valence-electron chi connectivity index (χ0n) is 13.7. The monoisotopic (exact) mass is 304 g/mol. The van der Waals surface area contributed by atoms with Crippen molar-refractivity contribution in [3.05, 3.63) is 28.2 Å². The van der Waals surface area contributed by atoms with Crippen molar-refractivity contribution in [2.45, 2.75) is 46.1 Å². The van der Waals surface area contributed by atoms with Gasteiger partial charge in [-0.05, 0) is 24.0 Å². The summed E-state index contributed by atoms with van der Waals surface area (Å²) in [4.78, 5) is 24.8. The van der Waals surface area contributed by atoms with Crippen LogP contribution in [0.1, 0.15) is 45.2 Å². The van der Waals surface area contributed by atoms with E-state index in [9.17, 15) is 9.59 Å². The minimum absolute atomic E-state index is 0.0450. The minimum atomic E-state index is -0.0884. The molecular formula is C17H26N3O2+. The second kappa shape index (κ2) is 5.54. The summed E-state index contributed by atoms with van der Waals surface area (Å²) >= 11 is 0. The van der Waals surface area contributed by atoms with Crippen molar-refractivity contribution >= 4 is 11.6 Å². The van der Waals surface area contributed by atoms with E-state index in [1.165, 1.54) is 6.42 Å². The van der Waals surface area contributed by atoms with Crippen LogP contribution in [-0.4, -0.2) is 23.6 Å². The Hall–Kier alpha value is -1.62. The second-order valence-electron chi connectivity index (χ2n) is 7.93. The van der Waals surface area contributed by atoms with Crippen LogP contribution >= 0.6 is 0 Å². The van der Waals surface area contributed by atoms with E-state index in [-0.39, 0.29) is 16.9 Å². The van der Waals surface area contributed by atoms with E-state index in [1.54, 1.807) is 6.07 Å². The fourth-order valence-corrected chi connectivity index (χ4v) is 3.69. The first-order valence-electron chi connectivity index (χ1n) is 8.19. The molecule has 3 rings (SSSR count). The maximum Gasteiger partial charge on any atom is 0.274 e. The number of nitrogens with one attached hydrogen (secondary N) is 1. The largest absolute Gasteiger partial charge is 0.345 e. The third kappa shape index (κ3) is 3.09. The number of hydrogen-bond acceptors (Lipinski definition) is 2. The highest BCUT2D eigenvalue weighted by molar-refractivity contribution is 5.90. The first-order valence-corrected chi connectivity index (χ1v) is 8.19. The van der Waals surface area contributed by atoms with E-state index in [0.717, 1.165) is 25.3 Å². The lowest BCUT2D eigenvalue weighted by Gasteiger charge is -2.35. The zero-order valence-corrected chi connectivity index (χ0v) is 13.7. The summed E-state index contributed by atoms with van der Waals surface area (Å²) in [5.74, 6) is 0.957. The Morgan fingerprint density at radius 1 is 1.36 bits per heavy atom. The molecule has 1 amide bonds. The molecule has 2 bridgehead atoms. The first-order chi connectivity index (χ1) is 10.3. The molecule has 2 aliphatic heterocycles. The fourth-order valence-electron chi connectivity index (χ4n) is 3.69. The Morgan fingerprint density at radius 3 is 2.86 bits per heavy atom. The molecule has 3 heterocycles. The minimum Gasteiger partial charge on any atom is -0.345 e. The molecule has 120 valence electrons. The Labute approximate surface area is 131 Å². The van der Waals surface area contributed by atoms with E-state index in [0.29, 0.717) is 23.9 Å². The van der Waals surface area contributed by atoms with Crippen molar-refractivity contribution in [2.24, 2.45) is 11.3 Å². The number of nitrogens with two attached hydrogens (primary N) is 1. The number of rotatable bonds is 2. The molecule has 2 aliphatic rings. The molecular weight excluding hydrogens is 278 g/mol. The number of carbonyl (C=O) groups is 1. The number of hydrogen-bond donors (Lipinski definition) is 2. The van der Waals surface area contributed by atoms with Gasteiger partial charge in [-0.25, -0.2) is 0 Å². The highest BCUT2D eigenvalue weighted by Crippen LogP contribution is 2.30. The quantitative estimate of drug-likeness (QED) is 0.852. The van der Waals surface area contributed by atoms with Gasteiger partial charge in [0.2, 0.25) is 5.91 Å². The number of quaternary nitrogens is 1. The number of pyridine rings is 1. The van der Waals surface area contributed by atoms with E-state index in [4.69, 9.17) is 0 Å². The molecule has 2 atom stereocenters. The molecule has 0 aromatic carbocycles. The van der Waals surface area contributed by atoms with Gasteiger partial charge < -0.3 is 15.2 Å². The summed E-state index contributed by atoms with van der Waals surface area (Å²) in [6.45, 7) is 9.00. The molecule has 3 N–H and O–H groups in total. The summed E-state index contributed by atoms with van der Waals surface area (Å²) in [6, 6.07) is 3.80. The first kappa shape index (κ1) is 15.3. The predicted molar refractivity (Wildman–Crippen MR) is 85.9 cm³/mol. The summed E-state index contributed by atoms with van der Waals surface area (Å²) in [5.41, 5.74) is 1.42. The standard InChI is InChI=1S/C17H25N3O2/c1-17(2,3)7-15(21)19-13-4-5-14-12-6-11(8-18-9-12)10-20(14)16(13)22/h4-5,11-12,18H,6-10H2,1-3H3,(H,19,21)/p+1/t11-,12+/m0/s1. The molecule has 1 saturated heterocycles. The van der Waals surface area contributed by atoms with Crippen LogP contribution in [0.2, 0.25) is 0 Å². The molecule has 1 aromatic heterocycles. The Kier molecular flexibility index (Phi) is 3.85. The average molecular weight is 304 g/mol. The molecule has 1 aromatic rings. The van der Waals surface area contributed by atoms with Gasteiger partial charge in [0.25, 0.3) is 5.56 Å². The van der Waals surface area contributed by atoms with Crippen molar-refractivity contribution in [1.29, 1.82) is 0 Å². The van der Waals surface area contributed by atoms with Gasteiger partial charge in [0.05, 0.1) is 13.1 Å². The number of fused-ring (bicyclic) bond motifs is 4. The van der Waals surface area contributed by atoms with E-state index in [1.807, 2.05) is 31.4 Å². The number of piperidine rings is 1. The normalized spacial score (nSPS) is 23.8. The number of carbonyl (C=O) groups excluding carboxylic acids is 1. The van der Waals surface area contributed by atoms with Crippen LogP contribution in [0.3, 0.4) is 0 Å². The molecule has 1 fully saturated rings. The summed E-state index contributed by atoms with van der Waals surface area (Å²) in [6.07, 6.45) is 1.60. The molecule has 5 nitrogen and oxygen atoms in total. The van der Waals surface area contributed by atoms with Gasteiger partial charge in [-0.15, -0.1) is 0 Å². The van der Waals surface area contributed by atoms with Gasteiger partial charge in [0, 0.05) is 30.5 Å². The smallest absolute Gasteiger partial charge is 0.274 e. The van der Waals surface area contributed by atoms with E-state index < -0.39 is 0 Å². The Balaban J connectivity index is 1.85. The summed E-state index contributed by atoms with van der Waals surface area (Å²) in [5, 5.41) is 5.16.